The van der Waals surface area contributed by atoms with Crippen LogP contribution in [0.5, 0.6) is 0 Å². The number of rotatable bonds is 1. The third-order valence-corrected chi connectivity index (χ3v) is 2.16. The summed E-state index contributed by atoms with van der Waals surface area (Å²) < 4.78 is 37.2. The summed E-state index contributed by atoms with van der Waals surface area (Å²) in [5.74, 6) is 0. The minimum absolute atomic E-state index is 0.133. The molecule has 0 N–H and O–H groups in total. The fourth-order valence-corrected chi connectivity index (χ4v) is 1.11. The quantitative estimate of drug-likeness (QED) is 0.423. The van der Waals surface area contributed by atoms with Gasteiger partial charge in [0.15, 0.2) is 0 Å². The van der Waals surface area contributed by atoms with Gasteiger partial charge in [0.2, 0.25) is 0 Å². The molecule has 0 saturated heterocycles. The molecule has 0 saturated carbocycles. The van der Waals surface area contributed by atoms with Crippen LogP contribution in [0.4, 0.5) is 23.7 Å². The summed E-state index contributed by atoms with van der Waals surface area (Å²) in [6.07, 6.45) is -4.48. The Balaban J connectivity index is 3.08. The molecule has 1 aromatic carbocycles. The van der Waals surface area contributed by atoms with E-state index in [9.17, 15) is 18.0 Å². The van der Waals surface area contributed by atoms with E-state index in [1.807, 2.05) is 0 Å². The third-order valence-electron chi connectivity index (χ3n) is 1.55. The van der Waals surface area contributed by atoms with E-state index in [4.69, 9.17) is 23.4 Å². The highest BCUT2D eigenvalue weighted by Crippen LogP contribution is 2.32. The van der Waals surface area contributed by atoms with E-state index < -0.39 is 17.1 Å². The summed E-state index contributed by atoms with van der Waals surface area (Å²) in [4.78, 5) is 10.6. The minimum Gasteiger partial charge on any atom is -0.254 e. The molecule has 0 aliphatic carbocycles. The smallest absolute Gasteiger partial charge is 0.254 e. The van der Waals surface area contributed by atoms with Gasteiger partial charge in [-0.25, -0.2) is 4.42 Å². The molecule has 0 bridgehead atoms. The normalized spacial score (nSPS) is 11.3. The maximum absolute atomic E-state index is 12.3. The Morgan fingerprint density at radius 3 is 2.40 bits per heavy atom. The molecule has 82 valence electrons. The van der Waals surface area contributed by atoms with Gasteiger partial charge in [0, 0.05) is 11.8 Å². The highest BCUT2D eigenvalue weighted by atomic mass is 35.5. The number of carbonyl (C=O) groups is 1. The van der Waals surface area contributed by atoms with Crippen molar-refractivity contribution in [3.05, 3.63) is 29.8 Å². The van der Waals surface area contributed by atoms with Gasteiger partial charge in [-0.15, -0.1) is 0 Å². The number of anilines is 1. The van der Waals surface area contributed by atoms with E-state index >= 15 is 0 Å². The van der Waals surface area contributed by atoms with E-state index in [0.29, 0.717) is 4.42 Å². The summed E-state index contributed by atoms with van der Waals surface area (Å²) in [7, 11) is 0. The van der Waals surface area contributed by atoms with Gasteiger partial charge in [-0.05, 0) is 29.8 Å². The number of nitrogens with zero attached hydrogens (tertiary/aromatic N) is 1. The number of hydrogen-bond donors (Lipinski definition) is 0. The SMILES string of the molecule is O=C(Cl)N(Cl)c1cccc(C(F)(F)F)c1. The van der Waals surface area contributed by atoms with E-state index in [0.717, 1.165) is 18.2 Å². The molecule has 0 aliphatic rings. The lowest BCUT2D eigenvalue weighted by atomic mass is 10.2. The molecular formula is C8H4Cl2F3NO. The van der Waals surface area contributed by atoms with Gasteiger partial charge in [0.25, 0.3) is 0 Å². The zero-order chi connectivity index (χ0) is 11.6. The van der Waals surface area contributed by atoms with Crippen molar-refractivity contribution >= 4 is 34.4 Å². The molecule has 0 aliphatic heterocycles. The van der Waals surface area contributed by atoms with E-state index in [2.05, 4.69) is 0 Å². The summed E-state index contributed by atoms with van der Waals surface area (Å²) in [5, 5.41) is -1.07. The highest BCUT2D eigenvalue weighted by molar-refractivity contribution is 6.71. The molecule has 0 fully saturated rings. The number of amides is 1. The molecule has 1 aromatic rings. The first-order chi connectivity index (χ1) is 6.82. The minimum atomic E-state index is -4.48. The van der Waals surface area contributed by atoms with Crippen molar-refractivity contribution in [2.75, 3.05) is 4.42 Å². The predicted octanol–water partition coefficient (Wildman–Crippen LogP) is 4.02. The zero-order valence-corrected chi connectivity index (χ0v) is 8.57. The molecule has 0 aromatic heterocycles. The van der Waals surface area contributed by atoms with Crippen molar-refractivity contribution in [3.8, 4) is 0 Å². The van der Waals surface area contributed by atoms with Gasteiger partial charge < -0.3 is 0 Å². The van der Waals surface area contributed by atoms with Crippen molar-refractivity contribution in [2.45, 2.75) is 6.18 Å². The highest BCUT2D eigenvalue weighted by Gasteiger charge is 2.31. The van der Waals surface area contributed by atoms with E-state index in [1.165, 1.54) is 6.07 Å². The van der Waals surface area contributed by atoms with Crippen LogP contribution in [0.1, 0.15) is 5.56 Å². The maximum atomic E-state index is 12.3. The molecule has 2 nitrogen and oxygen atoms in total. The van der Waals surface area contributed by atoms with Crippen molar-refractivity contribution in [1.82, 2.24) is 0 Å². The Morgan fingerprint density at radius 1 is 1.33 bits per heavy atom. The number of halogens is 5. The Hall–Kier alpha value is -0.940. The van der Waals surface area contributed by atoms with Crippen LogP contribution in [0, 0.1) is 0 Å². The van der Waals surface area contributed by atoms with Gasteiger partial charge in [-0.1, -0.05) is 6.07 Å². The van der Waals surface area contributed by atoms with Crippen LogP contribution in [0.15, 0.2) is 24.3 Å². The van der Waals surface area contributed by atoms with Crippen molar-refractivity contribution < 1.29 is 18.0 Å². The van der Waals surface area contributed by atoms with Crippen molar-refractivity contribution in [2.24, 2.45) is 0 Å². The number of alkyl halides is 3. The fourth-order valence-electron chi connectivity index (χ4n) is 0.906. The standard InChI is InChI=1S/C8H4Cl2F3NO/c9-7(15)14(10)6-3-1-2-5(4-6)8(11,12)13/h1-4H. The van der Waals surface area contributed by atoms with Gasteiger partial charge in [0.05, 0.1) is 11.3 Å². The van der Waals surface area contributed by atoms with Crippen LogP contribution in [0.25, 0.3) is 0 Å². The first-order valence-corrected chi connectivity index (χ1v) is 4.36. The second kappa shape index (κ2) is 4.28. The van der Waals surface area contributed by atoms with Crippen LogP contribution < -0.4 is 4.42 Å². The molecule has 15 heavy (non-hydrogen) atoms. The Labute approximate surface area is 93.3 Å². The third kappa shape index (κ3) is 3.00. The summed E-state index contributed by atoms with van der Waals surface area (Å²) in [6.45, 7) is 0. The number of carbonyl (C=O) groups excluding carboxylic acids is 1. The summed E-state index contributed by atoms with van der Waals surface area (Å²) in [5.41, 5.74) is -1.03. The van der Waals surface area contributed by atoms with Gasteiger partial charge in [0.1, 0.15) is 0 Å². The van der Waals surface area contributed by atoms with E-state index in [-0.39, 0.29) is 5.69 Å². The van der Waals surface area contributed by atoms with E-state index in [1.54, 1.807) is 0 Å². The Kier molecular flexibility index (Phi) is 3.46. The lowest BCUT2D eigenvalue weighted by Gasteiger charge is -2.12. The lowest BCUT2D eigenvalue weighted by Crippen LogP contribution is -2.14. The fraction of sp³-hybridized carbons (Fsp3) is 0.125. The number of benzene rings is 1. The van der Waals surface area contributed by atoms with Gasteiger partial charge in [-0.2, -0.15) is 13.2 Å². The monoisotopic (exact) mass is 257 g/mol. The molecule has 0 heterocycles. The number of hydrogen-bond acceptors (Lipinski definition) is 1. The molecule has 7 heteroatoms. The summed E-state index contributed by atoms with van der Waals surface area (Å²) >= 11 is 10.4. The second-order valence-corrected chi connectivity index (χ2v) is 3.24. The largest absolute Gasteiger partial charge is 0.416 e. The molecule has 0 unspecified atom stereocenters. The van der Waals surface area contributed by atoms with Crippen LogP contribution in [-0.4, -0.2) is 5.37 Å². The van der Waals surface area contributed by atoms with Crippen molar-refractivity contribution in [1.29, 1.82) is 0 Å². The first-order valence-electron chi connectivity index (χ1n) is 3.65. The molecule has 1 amide bonds. The second-order valence-electron chi connectivity index (χ2n) is 2.58. The Morgan fingerprint density at radius 2 is 1.93 bits per heavy atom. The predicted molar refractivity (Wildman–Crippen MR) is 51.0 cm³/mol. The van der Waals surface area contributed by atoms with Crippen LogP contribution in [0.3, 0.4) is 0 Å². The lowest BCUT2D eigenvalue weighted by molar-refractivity contribution is -0.137. The Bertz CT molecular complexity index is 380. The molecule has 0 spiro atoms. The zero-order valence-electron chi connectivity index (χ0n) is 7.05. The topological polar surface area (TPSA) is 20.3 Å². The summed E-state index contributed by atoms with van der Waals surface area (Å²) in [6, 6.07) is 3.97. The van der Waals surface area contributed by atoms with Crippen LogP contribution in [-0.2, 0) is 6.18 Å². The van der Waals surface area contributed by atoms with Crippen molar-refractivity contribution in [3.63, 3.8) is 0 Å². The molecule has 0 radical (unpaired) electrons. The molecule has 0 atom stereocenters. The van der Waals surface area contributed by atoms with Gasteiger partial charge >= 0.3 is 11.5 Å². The maximum Gasteiger partial charge on any atom is 0.416 e. The first kappa shape index (κ1) is 12.1. The molecule has 1 rings (SSSR count). The average molecular weight is 258 g/mol. The van der Waals surface area contributed by atoms with Gasteiger partial charge in [-0.3, -0.25) is 4.79 Å². The van der Waals surface area contributed by atoms with Crippen LogP contribution in [0.2, 0.25) is 0 Å². The van der Waals surface area contributed by atoms with Crippen LogP contribution >= 0.6 is 23.4 Å². The molecular weight excluding hydrogens is 254 g/mol. The average Bonchev–Trinajstić information content (AvgIpc) is 2.15.